The second kappa shape index (κ2) is 7.64. The second-order valence-electron chi connectivity index (χ2n) is 7.63. The Morgan fingerprint density at radius 3 is 2.59 bits per heavy atom. The minimum atomic E-state index is -0.176. The lowest BCUT2D eigenvalue weighted by Gasteiger charge is -2.36. The third-order valence-electron chi connectivity index (χ3n) is 5.68. The molecule has 2 aliphatic rings. The molecule has 0 unspecified atom stereocenters. The van der Waals surface area contributed by atoms with Gasteiger partial charge in [-0.25, -0.2) is 9.97 Å². The normalized spacial score (nSPS) is 18.3. The van der Waals surface area contributed by atoms with Crippen molar-refractivity contribution >= 4 is 11.7 Å². The number of hydrogen-bond acceptors (Lipinski definition) is 5. The van der Waals surface area contributed by atoms with Gasteiger partial charge in [-0.2, -0.15) is 0 Å². The maximum atomic E-state index is 11.5. The first-order chi connectivity index (χ1) is 13.1. The third-order valence-corrected chi connectivity index (χ3v) is 5.68. The van der Waals surface area contributed by atoms with Crippen LogP contribution in [-0.4, -0.2) is 40.4 Å². The fourth-order valence-electron chi connectivity index (χ4n) is 4.19. The molecular weight excluding hydrogens is 338 g/mol. The molecule has 0 aliphatic carbocycles. The molecule has 1 fully saturated rings. The number of aromatic nitrogens is 2. The molecule has 142 valence electrons. The zero-order valence-corrected chi connectivity index (χ0v) is 15.9. The summed E-state index contributed by atoms with van der Waals surface area (Å²) < 4.78 is 0. The molecule has 0 spiro atoms. The van der Waals surface area contributed by atoms with Crippen LogP contribution in [0.3, 0.4) is 0 Å². The van der Waals surface area contributed by atoms with Gasteiger partial charge < -0.3 is 10.6 Å². The lowest BCUT2D eigenvalue weighted by Crippen LogP contribution is -2.40. The number of aryl methyl sites for hydroxylation is 1. The summed E-state index contributed by atoms with van der Waals surface area (Å²) in [6.07, 6.45) is 2.57. The summed E-state index contributed by atoms with van der Waals surface area (Å²) in [5.74, 6) is 1.70. The van der Waals surface area contributed by atoms with Crippen LogP contribution in [-0.2, 0) is 24.3 Å². The SMILES string of the molecule is Cc1nc2c(c(N3CCC(C(N)=O)CC3)n1)CN(Cc1ccccc1)CC2. The van der Waals surface area contributed by atoms with Crippen molar-refractivity contribution in [1.29, 1.82) is 0 Å². The smallest absolute Gasteiger partial charge is 0.220 e. The van der Waals surface area contributed by atoms with E-state index in [1.54, 1.807) is 0 Å². The highest BCUT2D eigenvalue weighted by Gasteiger charge is 2.28. The third kappa shape index (κ3) is 3.95. The highest BCUT2D eigenvalue weighted by molar-refractivity contribution is 5.77. The number of benzene rings is 1. The number of carbonyl (C=O) groups excluding carboxylic acids is 1. The van der Waals surface area contributed by atoms with Gasteiger partial charge in [0.25, 0.3) is 0 Å². The minimum absolute atomic E-state index is 0.00501. The van der Waals surface area contributed by atoms with Crippen LogP contribution in [0.2, 0.25) is 0 Å². The van der Waals surface area contributed by atoms with Crippen molar-refractivity contribution < 1.29 is 4.79 Å². The topological polar surface area (TPSA) is 75.4 Å². The molecule has 0 saturated carbocycles. The molecule has 0 atom stereocenters. The van der Waals surface area contributed by atoms with Crippen LogP contribution in [0.25, 0.3) is 0 Å². The Hall–Kier alpha value is -2.47. The van der Waals surface area contributed by atoms with E-state index in [1.165, 1.54) is 16.8 Å². The van der Waals surface area contributed by atoms with E-state index in [0.717, 1.165) is 63.6 Å². The molecule has 3 heterocycles. The number of rotatable bonds is 4. The Kier molecular flexibility index (Phi) is 5.07. The van der Waals surface area contributed by atoms with Crippen LogP contribution in [0.4, 0.5) is 5.82 Å². The number of nitrogens with two attached hydrogens (primary N) is 1. The van der Waals surface area contributed by atoms with Crippen molar-refractivity contribution in [3.8, 4) is 0 Å². The van der Waals surface area contributed by atoms with Crippen LogP contribution in [0.15, 0.2) is 30.3 Å². The maximum absolute atomic E-state index is 11.5. The van der Waals surface area contributed by atoms with E-state index in [2.05, 4.69) is 40.1 Å². The average molecular weight is 365 g/mol. The molecule has 2 aliphatic heterocycles. The lowest BCUT2D eigenvalue weighted by molar-refractivity contribution is -0.122. The molecule has 2 aromatic rings. The van der Waals surface area contributed by atoms with Gasteiger partial charge in [0.05, 0.1) is 5.69 Å². The van der Waals surface area contributed by atoms with Crippen LogP contribution in [0, 0.1) is 12.8 Å². The van der Waals surface area contributed by atoms with Gasteiger partial charge in [0, 0.05) is 50.6 Å². The average Bonchev–Trinajstić information content (AvgIpc) is 2.68. The monoisotopic (exact) mass is 365 g/mol. The molecule has 1 aromatic heterocycles. The fourth-order valence-corrected chi connectivity index (χ4v) is 4.19. The van der Waals surface area contributed by atoms with Crippen molar-refractivity contribution in [2.75, 3.05) is 24.5 Å². The first-order valence-electron chi connectivity index (χ1n) is 9.77. The Morgan fingerprint density at radius 1 is 1.15 bits per heavy atom. The summed E-state index contributed by atoms with van der Waals surface area (Å²) >= 11 is 0. The number of fused-ring (bicyclic) bond motifs is 1. The first-order valence-corrected chi connectivity index (χ1v) is 9.77. The molecule has 4 rings (SSSR count). The van der Waals surface area contributed by atoms with Gasteiger partial charge in [0.2, 0.25) is 5.91 Å². The zero-order chi connectivity index (χ0) is 18.8. The van der Waals surface area contributed by atoms with Crippen molar-refractivity contribution in [3.63, 3.8) is 0 Å². The summed E-state index contributed by atoms with van der Waals surface area (Å²) in [7, 11) is 0. The van der Waals surface area contributed by atoms with Gasteiger partial charge in [-0.1, -0.05) is 30.3 Å². The molecule has 1 aromatic carbocycles. The Balaban J connectivity index is 1.54. The Labute approximate surface area is 160 Å². The molecular formula is C21H27N5O. The number of piperidine rings is 1. The number of hydrogen-bond donors (Lipinski definition) is 1. The van der Waals surface area contributed by atoms with Crippen LogP contribution in [0.1, 0.15) is 35.5 Å². The van der Waals surface area contributed by atoms with E-state index in [4.69, 9.17) is 15.7 Å². The molecule has 27 heavy (non-hydrogen) atoms. The van der Waals surface area contributed by atoms with Crippen LogP contribution < -0.4 is 10.6 Å². The summed E-state index contributed by atoms with van der Waals surface area (Å²) in [5.41, 5.74) is 9.25. The van der Waals surface area contributed by atoms with E-state index in [1.807, 2.05) is 6.92 Å². The maximum Gasteiger partial charge on any atom is 0.220 e. The largest absolute Gasteiger partial charge is 0.369 e. The van der Waals surface area contributed by atoms with Gasteiger partial charge in [0.1, 0.15) is 11.6 Å². The van der Waals surface area contributed by atoms with Crippen molar-refractivity contribution in [2.45, 2.75) is 39.3 Å². The Morgan fingerprint density at radius 2 is 1.89 bits per heavy atom. The summed E-state index contributed by atoms with van der Waals surface area (Å²) in [5, 5.41) is 0. The van der Waals surface area contributed by atoms with E-state index >= 15 is 0 Å². The number of primary amides is 1. The number of nitrogens with zero attached hydrogens (tertiary/aromatic N) is 4. The number of carbonyl (C=O) groups is 1. The van der Waals surface area contributed by atoms with Crippen molar-refractivity contribution in [3.05, 3.63) is 53.0 Å². The van der Waals surface area contributed by atoms with Crippen molar-refractivity contribution in [2.24, 2.45) is 11.7 Å². The van der Waals surface area contributed by atoms with Gasteiger partial charge >= 0.3 is 0 Å². The quantitative estimate of drug-likeness (QED) is 0.897. The molecule has 0 radical (unpaired) electrons. The van der Waals surface area contributed by atoms with Crippen LogP contribution in [0.5, 0.6) is 0 Å². The van der Waals surface area contributed by atoms with Crippen LogP contribution >= 0.6 is 0 Å². The fraction of sp³-hybridized carbons (Fsp3) is 0.476. The predicted molar refractivity (Wildman–Crippen MR) is 105 cm³/mol. The van der Waals surface area contributed by atoms with Gasteiger partial charge in [-0.05, 0) is 25.3 Å². The number of anilines is 1. The van der Waals surface area contributed by atoms with E-state index in [-0.39, 0.29) is 11.8 Å². The predicted octanol–water partition coefficient (Wildman–Crippen LogP) is 2.05. The minimum Gasteiger partial charge on any atom is -0.369 e. The van der Waals surface area contributed by atoms with E-state index in [0.29, 0.717) is 0 Å². The lowest BCUT2D eigenvalue weighted by atomic mass is 9.95. The Bertz CT molecular complexity index is 815. The molecule has 1 saturated heterocycles. The molecule has 6 nitrogen and oxygen atoms in total. The first kappa shape index (κ1) is 17.9. The summed E-state index contributed by atoms with van der Waals surface area (Å²) in [4.78, 5) is 25.8. The highest BCUT2D eigenvalue weighted by Crippen LogP contribution is 2.30. The van der Waals surface area contributed by atoms with E-state index in [9.17, 15) is 4.79 Å². The molecule has 1 amide bonds. The van der Waals surface area contributed by atoms with Crippen molar-refractivity contribution in [1.82, 2.24) is 14.9 Å². The second-order valence-corrected chi connectivity index (χ2v) is 7.63. The molecule has 0 bridgehead atoms. The van der Waals surface area contributed by atoms with Gasteiger partial charge in [-0.3, -0.25) is 9.69 Å². The molecule has 6 heteroatoms. The number of amides is 1. The zero-order valence-electron chi connectivity index (χ0n) is 15.9. The molecule has 2 N–H and O–H groups in total. The van der Waals surface area contributed by atoms with E-state index < -0.39 is 0 Å². The highest BCUT2D eigenvalue weighted by atomic mass is 16.1. The summed E-state index contributed by atoms with van der Waals surface area (Å²) in [6, 6.07) is 10.6. The van der Waals surface area contributed by atoms with Gasteiger partial charge in [-0.15, -0.1) is 0 Å². The van der Waals surface area contributed by atoms with Gasteiger partial charge in [0.15, 0.2) is 0 Å². The summed E-state index contributed by atoms with van der Waals surface area (Å²) in [6.45, 7) is 6.45. The standard InChI is InChI=1S/C21H27N5O/c1-15-23-19-9-10-25(13-16-5-3-2-4-6-16)14-18(19)21(24-15)26-11-7-17(8-12-26)20(22)27/h2-6,17H,7-14H2,1H3,(H2,22,27).